The predicted octanol–water partition coefficient (Wildman–Crippen LogP) is 3.14. The molecule has 0 aliphatic carbocycles. The lowest BCUT2D eigenvalue weighted by Gasteiger charge is -2.16. The number of rotatable bonds is 2. The third kappa shape index (κ3) is 2.39. The van der Waals surface area contributed by atoms with Crippen LogP contribution in [0.1, 0.15) is 22.5 Å². The van der Waals surface area contributed by atoms with Gasteiger partial charge in [0.1, 0.15) is 5.58 Å². The molecule has 0 spiro atoms. The summed E-state index contributed by atoms with van der Waals surface area (Å²) in [6.07, 6.45) is -0.209. The fourth-order valence-electron chi connectivity index (χ4n) is 2.67. The lowest BCUT2D eigenvalue weighted by molar-refractivity contribution is -0.149. The largest absolute Gasteiger partial charge is 0.479 e. The van der Waals surface area contributed by atoms with Crippen LogP contribution in [0.2, 0.25) is 0 Å². The second-order valence-electron chi connectivity index (χ2n) is 5.50. The maximum Gasteiger partial charge on any atom is 0.343 e. The van der Waals surface area contributed by atoms with Gasteiger partial charge < -0.3 is 14.4 Å². The van der Waals surface area contributed by atoms with E-state index in [0.29, 0.717) is 5.58 Å². The van der Waals surface area contributed by atoms with Crippen LogP contribution < -0.4 is 0 Å². The van der Waals surface area contributed by atoms with Gasteiger partial charge in [-0.3, -0.25) is 4.79 Å². The highest BCUT2D eigenvalue weighted by Gasteiger charge is 2.47. The number of nitrogens with zero attached hydrogens (tertiary/aromatic N) is 1. The van der Waals surface area contributed by atoms with Crippen LogP contribution in [-0.2, 0) is 4.79 Å². The second kappa shape index (κ2) is 5.08. The summed E-state index contributed by atoms with van der Waals surface area (Å²) < 4.78 is 20.5. The fourth-order valence-corrected chi connectivity index (χ4v) is 3.26. The molecule has 0 radical (unpaired) electrons. The molecule has 22 heavy (non-hydrogen) atoms. The summed E-state index contributed by atoms with van der Waals surface area (Å²) in [5.41, 5.74) is -0.911. The number of hydrogen-bond acceptors (Lipinski definition) is 3. The third-order valence-electron chi connectivity index (χ3n) is 3.87. The Balaban J connectivity index is 1.90. The first kappa shape index (κ1) is 15.0. The van der Waals surface area contributed by atoms with Crippen molar-refractivity contribution in [3.8, 4) is 0 Å². The Labute approximate surface area is 133 Å². The van der Waals surface area contributed by atoms with Crippen LogP contribution in [0.5, 0.6) is 0 Å². The van der Waals surface area contributed by atoms with Gasteiger partial charge in [0, 0.05) is 22.8 Å². The van der Waals surface area contributed by atoms with Crippen LogP contribution in [-0.4, -0.2) is 40.6 Å². The molecule has 5 nitrogen and oxygen atoms in total. The Morgan fingerprint density at radius 3 is 2.77 bits per heavy atom. The molecule has 1 aliphatic heterocycles. The first-order valence-electron chi connectivity index (χ1n) is 6.71. The zero-order chi connectivity index (χ0) is 16.1. The fraction of sp³-hybridized carbons (Fsp3) is 0.333. The number of carboxylic acid groups (broad SMARTS) is 1. The van der Waals surface area contributed by atoms with Gasteiger partial charge in [-0.05, 0) is 30.7 Å². The smallest absolute Gasteiger partial charge is 0.343 e. The Kier molecular flexibility index (Phi) is 3.47. The van der Waals surface area contributed by atoms with Gasteiger partial charge in [0.15, 0.2) is 5.76 Å². The molecular weight excluding hydrogens is 357 g/mol. The zero-order valence-corrected chi connectivity index (χ0v) is 13.3. The van der Waals surface area contributed by atoms with Crippen LogP contribution in [0.4, 0.5) is 4.39 Å². The molecule has 1 unspecified atom stereocenters. The molecule has 1 aromatic carbocycles. The number of benzene rings is 1. The van der Waals surface area contributed by atoms with E-state index in [2.05, 4.69) is 15.9 Å². The number of aliphatic carboxylic acids is 1. The Morgan fingerprint density at radius 1 is 1.41 bits per heavy atom. The Bertz CT molecular complexity index is 787. The standard InChI is InChI=1S/C15H13BrFNO4/c1-8-4-10(16)5-9-6-11(22-12(8)9)13(19)18-3-2-15(17,7-18)14(20)21/h4-6H,2-3,7H2,1H3,(H,20,21). The van der Waals surface area contributed by atoms with Crippen LogP contribution in [0, 0.1) is 6.92 Å². The summed E-state index contributed by atoms with van der Waals surface area (Å²) in [6.45, 7) is 1.46. The van der Waals surface area contributed by atoms with E-state index >= 15 is 0 Å². The second-order valence-corrected chi connectivity index (χ2v) is 6.41. The average Bonchev–Trinajstić information content (AvgIpc) is 3.03. The first-order valence-corrected chi connectivity index (χ1v) is 7.51. The number of aryl methyl sites for hydroxylation is 1. The lowest BCUT2D eigenvalue weighted by Crippen LogP contribution is -2.38. The van der Waals surface area contributed by atoms with Crippen LogP contribution in [0.3, 0.4) is 0 Å². The van der Waals surface area contributed by atoms with Gasteiger partial charge in [-0.1, -0.05) is 15.9 Å². The van der Waals surface area contributed by atoms with Crippen molar-refractivity contribution in [3.05, 3.63) is 34.0 Å². The van der Waals surface area contributed by atoms with E-state index in [1.54, 1.807) is 6.07 Å². The zero-order valence-electron chi connectivity index (χ0n) is 11.7. The van der Waals surface area contributed by atoms with Crippen molar-refractivity contribution in [2.24, 2.45) is 0 Å². The molecule has 1 amide bonds. The van der Waals surface area contributed by atoms with Gasteiger partial charge in [-0.2, -0.15) is 0 Å². The number of carboxylic acids is 1. The number of amides is 1. The molecule has 1 aromatic heterocycles. The molecule has 0 saturated carbocycles. The number of likely N-dealkylation sites (tertiary alicyclic amines) is 1. The average molecular weight is 370 g/mol. The maximum absolute atomic E-state index is 14.1. The minimum absolute atomic E-state index is 0.0569. The maximum atomic E-state index is 14.1. The quantitative estimate of drug-likeness (QED) is 0.882. The number of hydrogen-bond donors (Lipinski definition) is 1. The van der Waals surface area contributed by atoms with E-state index in [-0.39, 0.29) is 18.7 Å². The molecule has 1 aliphatic rings. The summed E-state index contributed by atoms with van der Waals surface area (Å²) >= 11 is 3.37. The van der Waals surface area contributed by atoms with E-state index in [0.717, 1.165) is 15.4 Å². The van der Waals surface area contributed by atoms with Crippen LogP contribution in [0.25, 0.3) is 11.0 Å². The predicted molar refractivity (Wildman–Crippen MR) is 80.6 cm³/mol. The number of fused-ring (bicyclic) bond motifs is 1. The molecule has 1 N–H and O–H groups in total. The van der Waals surface area contributed by atoms with Gasteiger partial charge >= 0.3 is 5.97 Å². The van der Waals surface area contributed by atoms with Gasteiger partial charge in [-0.25, -0.2) is 9.18 Å². The van der Waals surface area contributed by atoms with Crippen molar-refractivity contribution in [1.82, 2.24) is 4.90 Å². The van der Waals surface area contributed by atoms with Crippen molar-refractivity contribution in [2.75, 3.05) is 13.1 Å². The highest BCUT2D eigenvalue weighted by Crippen LogP contribution is 2.30. The van der Waals surface area contributed by atoms with Crippen LogP contribution in [0.15, 0.2) is 27.1 Å². The number of carbonyl (C=O) groups is 2. The van der Waals surface area contributed by atoms with Gasteiger partial charge in [0.25, 0.3) is 5.91 Å². The summed E-state index contributed by atoms with van der Waals surface area (Å²) in [5, 5.41) is 9.65. The highest BCUT2D eigenvalue weighted by atomic mass is 79.9. The van der Waals surface area contributed by atoms with E-state index in [9.17, 15) is 14.0 Å². The summed E-state index contributed by atoms with van der Waals surface area (Å²) in [7, 11) is 0. The van der Waals surface area contributed by atoms with E-state index in [1.807, 2.05) is 19.1 Å². The minimum atomic E-state index is -2.37. The summed E-state index contributed by atoms with van der Waals surface area (Å²) in [6, 6.07) is 5.28. The summed E-state index contributed by atoms with van der Waals surface area (Å²) in [5.74, 6) is -1.94. The first-order chi connectivity index (χ1) is 10.3. The highest BCUT2D eigenvalue weighted by molar-refractivity contribution is 9.10. The monoisotopic (exact) mass is 369 g/mol. The number of furan rings is 1. The van der Waals surface area contributed by atoms with Crippen LogP contribution >= 0.6 is 15.9 Å². The number of alkyl halides is 1. The molecular formula is C15H13BrFNO4. The molecule has 2 heterocycles. The Morgan fingerprint density at radius 2 is 2.14 bits per heavy atom. The summed E-state index contributed by atoms with van der Waals surface area (Å²) in [4.78, 5) is 24.5. The molecule has 0 bridgehead atoms. The lowest BCUT2D eigenvalue weighted by atomic mass is 10.1. The molecule has 7 heteroatoms. The minimum Gasteiger partial charge on any atom is -0.479 e. The van der Waals surface area contributed by atoms with Gasteiger partial charge in [-0.15, -0.1) is 0 Å². The van der Waals surface area contributed by atoms with E-state index in [4.69, 9.17) is 9.52 Å². The Hall–Kier alpha value is -1.89. The molecule has 116 valence electrons. The normalized spacial score (nSPS) is 21.5. The molecule has 3 rings (SSSR count). The van der Waals surface area contributed by atoms with Crippen molar-refractivity contribution in [1.29, 1.82) is 0 Å². The number of halogens is 2. The van der Waals surface area contributed by atoms with Crippen molar-refractivity contribution < 1.29 is 23.5 Å². The van der Waals surface area contributed by atoms with Gasteiger partial charge in [0.05, 0.1) is 6.54 Å². The van der Waals surface area contributed by atoms with Gasteiger partial charge in [0.2, 0.25) is 5.67 Å². The van der Waals surface area contributed by atoms with Crippen molar-refractivity contribution >= 4 is 38.8 Å². The third-order valence-corrected chi connectivity index (χ3v) is 4.33. The number of carbonyl (C=O) groups excluding carboxylic acids is 1. The van der Waals surface area contributed by atoms with Crippen molar-refractivity contribution in [2.45, 2.75) is 19.0 Å². The SMILES string of the molecule is Cc1cc(Br)cc2cc(C(=O)N3CCC(F)(C(=O)O)C3)oc12. The molecule has 1 saturated heterocycles. The molecule has 2 aromatic rings. The van der Waals surface area contributed by atoms with Crippen molar-refractivity contribution in [3.63, 3.8) is 0 Å². The van der Waals surface area contributed by atoms with E-state index < -0.39 is 24.1 Å². The molecule has 1 fully saturated rings. The molecule has 1 atom stereocenters. The van der Waals surface area contributed by atoms with E-state index in [1.165, 1.54) is 4.90 Å². The topological polar surface area (TPSA) is 70.8 Å².